The van der Waals surface area contributed by atoms with E-state index in [1.54, 1.807) is 31.2 Å². The van der Waals surface area contributed by atoms with Gasteiger partial charge >= 0.3 is 6.18 Å². The first kappa shape index (κ1) is 16.8. The van der Waals surface area contributed by atoms with E-state index >= 15 is 0 Å². The van der Waals surface area contributed by atoms with E-state index in [4.69, 9.17) is 17.3 Å². The summed E-state index contributed by atoms with van der Waals surface area (Å²) in [7, 11) is 1.29. The van der Waals surface area contributed by atoms with Crippen molar-refractivity contribution in [3.63, 3.8) is 0 Å². The van der Waals surface area contributed by atoms with Crippen LogP contribution in [0.15, 0.2) is 24.3 Å². The summed E-state index contributed by atoms with van der Waals surface area (Å²) in [4.78, 5) is 12.9. The molecule has 0 radical (unpaired) electrons. The topological polar surface area (TPSA) is 46.3 Å². The van der Waals surface area contributed by atoms with E-state index in [9.17, 15) is 18.0 Å². The van der Waals surface area contributed by atoms with E-state index in [1.807, 2.05) is 0 Å². The van der Waals surface area contributed by atoms with Crippen LogP contribution in [-0.2, 0) is 4.79 Å². The van der Waals surface area contributed by atoms with Crippen LogP contribution < -0.4 is 5.73 Å². The van der Waals surface area contributed by atoms with Crippen molar-refractivity contribution in [3.8, 4) is 0 Å². The maximum absolute atomic E-state index is 12.8. The van der Waals surface area contributed by atoms with Crippen molar-refractivity contribution in [2.45, 2.75) is 31.6 Å². The molecule has 1 amide bonds. The zero-order valence-electron chi connectivity index (χ0n) is 11.3. The van der Waals surface area contributed by atoms with E-state index < -0.39 is 23.7 Å². The van der Waals surface area contributed by atoms with E-state index in [1.165, 1.54) is 7.05 Å². The first-order valence-corrected chi connectivity index (χ1v) is 6.24. The maximum Gasteiger partial charge on any atom is 0.415 e. The van der Waals surface area contributed by atoms with Gasteiger partial charge in [-0.15, -0.1) is 0 Å². The lowest BCUT2D eigenvalue weighted by atomic mass is 9.99. The molecule has 112 valence electrons. The average Bonchev–Trinajstić information content (AvgIpc) is 2.35. The quantitative estimate of drug-likeness (QED) is 0.932. The van der Waals surface area contributed by atoms with E-state index in [0.29, 0.717) is 17.5 Å². The van der Waals surface area contributed by atoms with Crippen molar-refractivity contribution < 1.29 is 18.0 Å². The number of hydrogen-bond acceptors (Lipinski definition) is 2. The summed E-state index contributed by atoms with van der Waals surface area (Å²) in [5.41, 5.74) is 2.90. The van der Waals surface area contributed by atoms with Crippen molar-refractivity contribution in [1.82, 2.24) is 4.90 Å². The highest BCUT2D eigenvalue weighted by molar-refractivity contribution is 6.30. The molecule has 0 fully saturated rings. The smallest absolute Gasteiger partial charge is 0.337 e. The predicted molar refractivity (Wildman–Crippen MR) is 71.3 cm³/mol. The van der Waals surface area contributed by atoms with Gasteiger partial charge in [-0.25, -0.2) is 0 Å². The monoisotopic (exact) mass is 308 g/mol. The van der Waals surface area contributed by atoms with Gasteiger partial charge in [-0.2, -0.15) is 13.2 Å². The Bertz CT molecular complexity index is 485. The number of alkyl halides is 3. The molecule has 0 aromatic heterocycles. The van der Waals surface area contributed by atoms with Crippen molar-refractivity contribution in [2.75, 3.05) is 7.05 Å². The third-order valence-corrected chi connectivity index (χ3v) is 3.54. The highest BCUT2D eigenvalue weighted by Crippen LogP contribution is 2.31. The number of rotatable bonds is 3. The van der Waals surface area contributed by atoms with Gasteiger partial charge in [0.05, 0.1) is 6.04 Å². The Labute approximate surface area is 120 Å². The summed E-state index contributed by atoms with van der Waals surface area (Å²) in [6.07, 6.45) is -4.81. The molecule has 2 N–H and O–H groups in total. The number of nitrogens with zero attached hydrogens (tertiary/aromatic N) is 1. The van der Waals surface area contributed by atoms with Gasteiger partial charge in [0.15, 0.2) is 5.54 Å². The minimum absolute atomic E-state index is 0.508. The van der Waals surface area contributed by atoms with Crippen LogP contribution in [0.4, 0.5) is 13.2 Å². The number of likely N-dealkylation sites (N-methyl/N-ethyl adjacent to an activating group) is 1. The fourth-order valence-electron chi connectivity index (χ4n) is 1.63. The van der Waals surface area contributed by atoms with Crippen LogP contribution in [0, 0.1) is 0 Å². The van der Waals surface area contributed by atoms with E-state index in [0.717, 1.165) is 4.90 Å². The number of carbonyl (C=O) groups is 1. The number of hydrogen-bond donors (Lipinski definition) is 1. The number of carbonyl (C=O) groups excluding carboxylic acids is 1. The molecular formula is C13H16ClF3N2O. The molecule has 1 aromatic carbocycles. The summed E-state index contributed by atoms with van der Waals surface area (Å²) < 4.78 is 38.3. The van der Waals surface area contributed by atoms with Crippen LogP contribution in [0.2, 0.25) is 5.02 Å². The normalized spacial score (nSPS) is 16.4. The summed E-state index contributed by atoms with van der Waals surface area (Å²) in [6, 6.07) is 5.97. The number of nitrogens with two attached hydrogens (primary N) is 1. The van der Waals surface area contributed by atoms with Gasteiger partial charge < -0.3 is 10.6 Å². The van der Waals surface area contributed by atoms with Crippen molar-refractivity contribution in [2.24, 2.45) is 5.73 Å². The fourth-order valence-corrected chi connectivity index (χ4v) is 1.75. The molecular weight excluding hydrogens is 293 g/mol. The minimum atomic E-state index is -4.81. The molecule has 2 unspecified atom stereocenters. The molecule has 7 heteroatoms. The van der Waals surface area contributed by atoms with Gasteiger partial charge in [-0.1, -0.05) is 23.7 Å². The van der Waals surface area contributed by atoms with Crippen LogP contribution in [-0.4, -0.2) is 29.6 Å². The lowest BCUT2D eigenvalue weighted by Crippen LogP contribution is -2.61. The molecule has 20 heavy (non-hydrogen) atoms. The molecule has 0 bridgehead atoms. The third kappa shape index (κ3) is 3.24. The largest absolute Gasteiger partial charge is 0.415 e. The Kier molecular flexibility index (Phi) is 4.71. The lowest BCUT2D eigenvalue weighted by Gasteiger charge is -2.34. The predicted octanol–water partition coefficient (Wildman–Crippen LogP) is 3.14. The lowest BCUT2D eigenvalue weighted by molar-refractivity contribution is -0.194. The van der Waals surface area contributed by atoms with Crippen LogP contribution in [0.5, 0.6) is 0 Å². The molecule has 0 saturated heterocycles. The first-order chi connectivity index (χ1) is 8.98. The summed E-state index contributed by atoms with van der Waals surface area (Å²) in [6.45, 7) is 2.29. The van der Waals surface area contributed by atoms with E-state index in [2.05, 4.69) is 0 Å². The van der Waals surface area contributed by atoms with Gasteiger partial charge in [0.1, 0.15) is 0 Å². The van der Waals surface area contributed by atoms with Crippen LogP contribution in [0.1, 0.15) is 25.5 Å². The van der Waals surface area contributed by atoms with Gasteiger partial charge in [0.2, 0.25) is 0 Å². The zero-order chi connectivity index (χ0) is 15.7. The number of halogens is 4. The second-order valence-corrected chi connectivity index (χ2v) is 5.28. The average molecular weight is 309 g/mol. The molecule has 0 spiro atoms. The standard InChI is InChI=1S/C13H16ClF3N2O/c1-8(9-4-6-10(14)7-5-9)19(3)11(20)12(2,18)13(15,16)17/h4-8H,18H2,1-3H3. The highest BCUT2D eigenvalue weighted by Gasteiger charge is 2.55. The Morgan fingerprint density at radius 3 is 2.15 bits per heavy atom. The minimum Gasteiger partial charge on any atom is -0.337 e. The molecule has 0 saturated carbocycles. The SMILES string of the molecule is CC(c1ccc(Cl)cc1)N(C)C(=O)C(C)(N)C(F)(F)F. The molecule has 0 aliphatic heterocycles. The number of benzene rings is 1. The van der Waals surface area contributed by atoms with Gasteiger partial charge in [-0.05, 0) is 31.5 Å². The van der Waals surface area contributed by atoms with Crippen LogP contribution in [0.25, 0.3) is 0 Å². The summed E-state index contributed by atoms with van der Waals surface area (Å²) in [5, 5.41) is 0.508. The molecule has 0 aliphatic carbocycles. The highest BCUT2D eigenvalue weighted by atomic mass is 35.5. The first-order valence-electron chi connectivity index (χ1n) is 5.87. The zero-order valence-corrected chi connectivity index (χ0v) is 12.1. The van der Waals surface area contributed by atoms with E-state index in [-0.39, 0.29) is 0 Å². The fraction of sp³-hybridized carbons (Fsp3) is 0.462. The molecule has 1 rings (SSSR count). The Hall–Kier alpha value is -1.27. The van der Waals surface area contributed by atoms with Gasteiger partial charge in [0, 0.05) is 12.1 Å². The van der Waals surface area contributed by atoms with Gasteiger partial charge in [0.25, 0.3) is 5.91 Å². The Morgan fingerprint density at radius 1 is 1.30 bits per heavy atom. The Balaban J connectivity index is 2.97. The van der Waals surface area contributed by atoms with Crippen molar-refractivity contribution >= 4 is 17.5 Å². The molecule has 2 atom stereocenters. The van der Waals surface area contributed by atoms with Crippen LogP contribution in [0.3, 0.4) is 0 Å². The third-order valence-electron chi connectivity index (χ3n) is 3.29. The summed E-state index contributed by atoms with van der Waals surface area (Å²) >= 11 is 5.74. The van der Waals surface area contributed by atoms with Gasteiger partial charge in [-0.3, -0.25) is 4.79 Å². The molecule has 1 aromatic rings. The second kappa shape index (κ2) is 5.61. The molecule has 0 heterocycles. The molecule has 3 nitrogen and oxygen atoms in total. The maximum atomic E-state index is 12.8. The summed E-state index contributed by atoms with van der Waals surface area (Å²) in [5.74, 6) is -1.19. The number of amides is 1. The van der Waals surface area contributed by atoms with Crippen LogP contribution >= 0.6 is 11.6 Å². The van der Waals surface area contributed by atoms with Crippen molar-refractivity contribution in [1.29, 1.82) is 0 Å². The van der Waals surface area contributed by atoms with Crippen molar-refractivity contribution in [3.05, 3.63) is 34.9 Å². The second-order valence-electron chi connectivity index (χ2n) is 4.84. The Morgan fingerprint density at radius 2 is 1.75 bits per heavy atom. The molecule has 0 aliphatic rings.